The number of aryl methyl sites for hydroxylation is 1. The molecule has 0 spiro atoms. The SMILES string of the molecule is C=CC.CC#Cc1ccc(C)cc1. The van der Waals surface area contributed by atoms with Crippen molar-refractivity contribution in [2.45, 2.75) is 20.8 Å². The number of hydrogen-bond donors (Lipinski definition) is 0. The molecule has 0 saturated heterocycles. The second-order valence-corrected chi connectivity index (χ2v) is 2.65. The maximum absolute atomic E-state index is 3.36. The van der Waals surface area contributed by atoms with E-state index >= 15 is 0 Å². The van der Waals surface area contributed by atoms with Crippen LogP contribution in [0.5, 0.6) is 0 Å². The summed E-state index contributed by atoms with van der Waals surface area (Å²) in [5, 5.41) is 0. The van der Waals surface area contributed by atoms with Crippen molar-refractivity contribution in [2.75, 3.05) is 0 Å². The number of hydrogen-bond acceptors (Lipinski definition) is 0. The summed E-state index contributed by atoms with van der Waals surface area (Å²) in [5.41, 5.74) is 2.37. The van der Waals surface area contributed by atoms with Crippen LogP contribution in [0.4, 0.5) is 0 Å². The van der Waals surface area contributed by atoms with E-state index in [4.69, 9.17) is 0 Å². The predicted molar refractivity (Wildman–Crippen MR) is 59.6 cm³/mol. The first-order valence-electron chi connectivity index (χ1n) is 4.31. The van der Waals surface area contributed by atoms with Gasteiger partial charge in [0.15, 0.2) is 0 Å². The van der Waals surface area contributed by atoms with Gasteiger partial charge in [0.05, 0.1) is 0 Å². The number of allylic oxidation sites excluding steroid dienone is 1. The van der Waals surface area contributed by atoms with E-state index in [1.807, 2.05) is 26.0 Å². The Kier molecular flexibility index (Phi) is 6.37. The summed E-state index contributed by atoms with van der Waals surface area (Å²) in [5.74, 6) is 5.84. The van der Waals surface area contributed by atoms with Gasteiger partial charge in [-0.05, 0) is 32.9 Å². The van der Waals surface area contributed by atoms with Crippen LogP contribution in [0.3, 0.4) is 0 Å². The third-order valence-corrected chi connectivity index (χ3v) is 1.32. The van der Waals surface area contributed by atoms with Gasteiger partial charge in [-0.3, -0.25) is 0 Å². The number of rotatable bonds is 0. The molecule has 0 N–H and O–H groups in total. The quantitative estimate of drug-likeness (QED) is 0.414. The molecule has 0 bridgehead atoms. The molecule has 0 atom stereocenters. The lowest BCUT2D eigenvalue weighted by molar-refractivity contribution is 1.46. The highest BCUT2D eigenvalue weighted by molar-refractivity contribution is 5.35. The fourth-order valence-electron chi connectivity index (χ4n) is 0.781. The fourth-order valence-corrected chi connectivity index (χ4v) is 0.781. The summed E-state index contributed by atoms with van der Waals surface area (Å²) in [6, 6.07) is 8.21. The van der Waals surface area contributed by atoms with Gasteiger partial charge in [0.25, 0.3) is 0 Å². The van der Waals surface area contributed by atoms with Crippen LogP contribution in [0, 0.1) is 18.8 Å². The summed E-state index contributed by atoms with van der Waals surface area (Å²) in [7, 11) is 0. The molecule has 1 aromatic carbocycles. The Bertz CT molecular complexity index is 293. The molecule has 13 heavy (non-hydrogen) atoms. The van der Waals surface area contributed by atoms with Crippen LogP contribution >= 0.6 is 0 Å². The Balaban J connectivity index is 0.000000424. The second kappa shape index (κ2) is 7.18. The van der Waals surface area contributed by atoms with Crippen LogP contribution < -0.4 is 0 Å². The van der Waals surface area contributed by atoms with Gasteiger partial charge < -0.3 is 0 Å². The van der Waals surface area contributed by atoms with Gasteiger partial charge in [-0.15, -0.1) is 12.5 Å². The Hall–Kier alpha value is -1.48. The van der Waals surface area contributed by atoms with Crippen molar-refractivity contribution >= 4 is 0 Å². The maximum Gasteiger partial charge on any atom is 0.0245 e. The molecular weight excluding hydrogens is 156 g/mol. The smallest absolute Gasteiger partial charge is 0.0245 e. The van der Waals surface area contributed by atoms with Crippen LogP contribution in [-0.2, 0) is 0 Å². The monoisotopic (exact) mass is 172 g/mol. The summed E-state index contributed by atoms with van der Waals surface area (Å²) in [4.78, 5) is 0. The third-order valence-electron chi connectivity index (χ3n) is 1.32. The van der Waals surface area contributed by atoms with E-state index in [0.717, 1.165) is 5.56 Å². The topological polar surface area (TPSA) is 0 Å². The average molecular weight is 172 g/mol. The lowest BCUT2D eigenvalue weighted by Gasteiger charge is -1.90. The van der Waals surface area contributed by atoms with Gasteiger partial charge in [0.2, 0.25) is 0 Å². The van der Waals surface area contributed by atoms with Crippen molar-refractivity contribution < 1.29 is 0 Å². The van der Waals surface area contributed by atoms with Gasteiger partial charge in [-0.25, -0.2) is 0 Å². The van der Waals surface area contributed by atoms with E-state index in [9.17, 15) is 0 Å². The molecule has 0 radical (unpaired) electrons. The Labute approximate surface area is 81.3 Å². The van der Waals surface area contributed by atoms with Crippen molar-refractivity contribution in [3.8, 4) is 11.8 Å². The maximum atomic E-state index is 3.36. The summed E-state index contributed by atoms with van der Waals surface area (Å²) < 4.78 is 0. The molecule has 0 heteroatoms. The van der Waals surface area contributed by atoms with E-state index < -0.39 is 0 Å². The molecule has 0 amide bonds. The lowest BCUT2D eigenvalue weighted by atomic mass is 10.2. The Morgan fingerprint density at radius 3 is 2.08 bits per heavy atom. The molecule has 0 aliphatic rings. The molecule has 0 fully saturated rings. The summed E-state index contributed by atoms with van der Waals surface area (Å²) in [6.45, 7) is 9.17. The Morgan fingerprint density at radius 1 is 1.23 bits per heavy atom. The van der Waals surface area contributed by atoms with Crippen LogP contribution in [0.25, 0.3) is 0 Å². The molecule has 0 aromatic heterocycles. The van der Waals surface area contributed by atoms with Gasteiger partial charge in [-0.1, -0.05) is 29.7 Å². The molecule has 68 valence electrons. The fraction of sp³-hybridized carbons (Fsp3) is 0.231. The average Bonchev–Trinajstić information content (AvgIpc) is 2.11. The van der Waals surface area contributed by atoms with Crippen LogP contribution in [0.15, 0.2) is 36.9 Å². The Morgan fingerprint density at radius 2 is 1.69 bits per heavy atom. The minimum absolute atomic E-state index is 1.09. The van der Waals surface area contributed by atoms with Crippen LogP contribution in [0.2, 0.25) is 0 Å². The second-order valence-electron chi connectivity index (χ2n) is 2.65. The van der Waals surface area contributed by atoms with E-state index in [1.54, 1.807) is 6.08 Å². The normalized spacial score (nSPS) is 7.31. The largest absolute Gasteiger partial charge is 0.103 e. The lowest BCUT2D eigenvalue weighted by Crippen LogP contribution is -1.73. The molecule has 1 aromatic rings. The van der Waals surface area contributed by atoms with Gasteiger partial charge in [0, 0.05) is 5.56 Å². The van der Waals surface area contributed by atoms with Crippen molar-refractivity contribution in [1.82, 2.24) is 0 Å². The zero-order valence-corrected chi connectivity index (χ0v) is 8.59. The molecule has 0 unspecified atom stereocenters. The summed E-state index contributed by atoms with van der Waals surface area (Å²) in [6.07, 6.45) is 1.75. The molecule has 0 aliphatic carbocycles. The van der Waals surface area contributed by atoms with Gasteiger partial charge >= 0.3 is 0 Å². The van der Waals surface area contributed by atoms with Gasteiger partial charge in [0.1, 0.15) is 0 Å². The highest BCUT2D eigenvalue weighted by Gasteiger charge is 1.83. The zero-order valence-electron chi connectivity index (χ0n) is 8.59. The van der Waals surface area contributed by atoms with Crippen molar-refractivity contribution in [1.29, 1.82) is 0 Å². The minimum Gasteiger partial charge on any atom is -0.103 e. The standard InChI is InChI=1S/C10H10.C3H6/c1-3-4-10-7-5-9(2)6-8-10;1-3-2/h5-8H,1-2H3;3H,1H2,2H3. The molecular formula is C13H16. The van der Waals surface area contributed by atoms with Crippen molar-refractivity contribution in [3.05, 3.63) is 48.0 Å². The van der Waals surface area contributed by atoms with Crippen LogP contribution in [-0.4, -0.2) is 0 Å². The summed E-state index contributed by atoms with van der Waals surface area (Å²) >= 11 is 0. The van der Waals surface area contributed by atoms with E-state index in [0.29, 0.717) is 0 Å². The third kappa shape index (κ3) is 5.75. The predicted octanol–water partition coefficient (Wildman–Crippen LogP) is 3.56. The van der Waals surface area contributed by atoms with E-state index in [1.165, 1.54) is 5.56 Å². The molecule has 0 heterocycles. The number of benzene rings is 1. The molecule has 1 rings (SSSR count). The first-order chi connectivity index (χ1) is 6.24. The molecule has 0 saturated carbocycles. The highest BCUT2D eigenvalue weighted by atomic mass is 13.9. The van der Waals surface area contributed by atoms with Crippen LogP contribution in [0.1, 0.15) is 25.0 Å². The first-order valence-corrected chi connectivity index (χ1v) is 4.31. The molecule has 0 aliphatic heterocycles. The van der Waals surface area contributed by atoms with E-state index in [2.05, 4.69) is 37.5 Å². The van der Waals surface area contributed by atoms with E-state index in [-0.39, 0.29) is 0 Å². The van der Waals surface area contributed by atoms with Gasteiger partial charge in [-0.2, -0.15) is 0 Å². The molecule has 0 nitrogen and oxygen atoms in total. The highest BCUT2D eigenvalue weighted by Crippen LogP contribution is 2.00. The zero-order chi connectivity index (χ0) is 10.1. The van der Waals surface area contributed by atoms with Crippen molar-refractivity contribution in [3.63, 3.8) is 0 Å². The van der Waals surface area contributed by atoms with Crippen molar-refractivity contribution in [2.24, 2.45) is 0 Å². The first kappa shape index (κ1) is 11.5. The minimum atomic E-state index is 1.09.